The fourth-order valence-corrected chi connectivity index (χ4v) is 4.35. The summed E-state index contributed by atoms with van der Waals surface area (Å²) in [6.45, 7) is 4.26. The molecule has 0 spiro atoms. The van der Waals surface area contributed by atoms with Gasteiger partial charge in [0.1, 0.15) is 0 Å². The summed E-state index contributed by atoms with van der Waals surface area (Å²) in [7, 11) is 0. The van der Waals surface area contributed by atoms with Gasteiger partial charge in [0.05, 0.1) is 9.88 Å². The van der Waals surface area contributed by atoms with Crippen LogP contribution in [0.25, 0.3) is 5.57 Å². The van der Waals surface area contributed by atoms with Crippen molar-refractivity contribution >= 4 is 16.9 Å². The zero-order valence-corrected chi connectivity index (χ0v) is 13.9. The van der Waals surface area contributed by atoms with E-state index in [1.807, 2.05) is 12.3 Å². The Kier molecular flexibility index (Phi) is 3.84. The van der Waals surface area contributed by atoms with Gasteiger partial charge in [0, 0.05) is 12.1 Å². The quantitative estimate of drug-likeness (QED) is 0.623. The average Bonchev–Trinajstić information content (AvgIpc) is 3.11. The van der Waals surface area contributed by atoms with Crippen molar-refractivity contribution in [2.75, 3.05) is 0 Å². The second-order valence-electron chi connectivity index (χ2n) is 6.12. The van der Waals surface area contributed by atoms with Crippen LogP contribution in [0.1, 0.15) is 38.9 Å². The highest BCUT2D eigenvalue weighted by Gasteiger charge is 2.22. The average molecular weight is 317 g/mol. The van der Waals surface area contributed by atoms with Gasteiger partial charge in [-0.3, -0.25) is 0 Å². The van der Waals surface area contributed by atoms with Crippen molar-refractivity contribution in [2.45, 2.75) is 25.2 Å². The van der Waals surface area contributed by atoms with Crippen LogP contribution >= 0.6 is 11.3 Å². The van der Waals surface area contributed by atoms with Crippen molar-refractivity contribution < 1.29 is 0 Å². The molecule has 1 atom stereocenters. The number of nitrogens with zero attached hydrogens (tertiary/aromatic N) is 1. The highest BCUT2D eigenvalue weighted by atomic mass is 32.1. The lowest BCUT2D eigenvalue weighted by Gasteiger charge is -2.22. The molecule has 4 rings (SSSR count). The summed E-state index contributed by atoms with van der Waals surface area (Å²) in [5.41, 5.74) is 5.25. The molecule has 3 aromatic rings. The first-order chi connectivity index (χ1) is 11.3. The van der Waals surface area contributed by atoms with Crippen LogP contribution in [0.2, 0.25) is 0 Å². The van der Waals surface area contributed by atoms with Gasteiger partial charge in [-0.1, -0.05) is 61.2 Å². The first-order valence-corrected chi connectivity index (χ1v) is 8.90. The predicted octanol–water partition coefficient (Wildman–Crippen LogP) is 5.48. The van der Waals surface area contributed by atoms with Crippen molar-refractivity contribution in [1.82, 2.24) is 4.98 Å². The predicted molar refractivity (Wildman–Crippen MR) is 97.9 cm³/mol. The van der Waals surface area contributed by atoms with Gasteiger partial charge in [-0.2, -0.15) is 0 Å². The molecule has 1 aliphatic rings. The van der Waals surface area contributed by atoms with Crippen LogP contribution in [0.15, 0.2) is 67.4 Å². The fourth-order valence-electron chi connectivity index (χ4n) is 3.31. The van der Waals surface area contributed by atoms with Crippen LogP contribution in [0.5, 0.6) is 0 Å². The standard InChI is InChI=1S/C21H19NS/c1-15(16-7-3-2-4-8-16)20-14-22-21(23-20)19-12-11-17-9-5-6-10-18(17)13-19/h2-10,14,19H,1,11-13H2. The van der Waals surface area contributed by atoms with E-state index in [9.17, 15) is 0 Å². The third kappa shape index (κ3) is 2.87. The van der Waals surface area contributed by atoms with Crippen LogP contribution in [0, 0.1) is 0 Å². The molecule has 2 aromatic carbocycles. The Morgan fingerprint density at radius 1 is 1.00 bits per heavy atom. The molecule has 0 radical (unpaired) electrons. The van der Waals surface area contributed by atoms with Crippen molar-refractivity contribution in [3.63, 3.8) is 0 Å². The molecule has 0 aliphatic heterocycles. The summed E-state index contributed by atoms with van der Waals surface area (Å²) in [5.74, 6) is 0.548. The zero-order chi connectivity index (χ0) is 15.6. The SMILES string of the molecule is C=C(c1ccccc1)c1cnc(C2CCc3ccccc3C2)s1. The molecule has 1 unspecified atom stereocenters. The van der Waals surface area contributed by atoms with Crippen LogP contribution in [-0.2, 0) is 12.8 Å². The maximum Gasteiger partial charge on any atom is 0.0965 e. The summed E-state index contributed by atoms with van der Waals surface area (Å²) in [6.07, 6.45) is 5.47. The van der Waals surface area contributed by atoms with Gasteiger partial charge >= 0.3 is 0 Å². The van der Waals surface area contributed by atoms with E-state index in [1.165, 1.54) is 33.0 Å². The first-order valence-electron chi connectivity index (χ1n) is 8.08. The number of hydrogen-bond acceptors (Lipinski definition) is 2. The molecule has 114 valence electrons. The highest BCUT2D eigenvalue weighted by Crippen LogP contribution is 2.36. The van der Waals surface area contributed by atoms with Gasteiger partial charge in [0.25, 0.3) is 0 Å². The van der Waals surface area contributed by atoms with E-state index in [1.54, 1.807) is 11.3 Å². The third-order valence-corrected chi connectivity index (χ3v) is 5.86. The summed E-state index contributed by atoms with van der Waals surface area (Å²) in [5, 5.41) is 1.26. The van der Waals surface area contributed by atoms with Crippen molar-refractivity contribution in [3.8, 4) is 0 Å². The molecule has 0 saturated heterocycles. The van der Waals surface area contributed by atoms with E-state index in [-0.39, 0.29) is 0 Å². The van der Waals surface area contributed by atoms with Gasteiger partial charge in [-0.15, -0.1) is 11.3 Å². The summed E-state index contributed by atoms with van der Waals surface area (Å²) in [4.78, 5) is 5.90. The van der Waals surface area contributed by atoms with E-state index >= 15 is 0 Å². The molecule has 1 heterocycles. The third-order valence-electron chi connectivity index (χ3n) is 4.64. The highest BCUT2D eigenvalue weighted by molar-refractivity contribution is 7.12. The fraction of sp³-hybridized carbons (Fsp3) is 0.190. The second kappa shape index (κ2) is 6.13. The summed E-state index contributed by atoms with van der Waals surface area (Å²) >= 11 is 1.81. The summed E-state index contributed by atoms with van der Waals surface area (Å²) in [6, 6.07) is 19.2. The molecule has 0 saturated carbocycles. The number of benzene rings is 2. The molecule has 1 aromatic heterocycles. The van der Waals surface area contributed by atoms with E-state index < -0.39 is 0 Å². The molecule has 23 heavy (non-hydrogen) atoms. The number of hydrogen-bond donors (Lipinski definition) is 0. The molecular formula is C21H19NS. The lowest BCUT2D eigenvalue weighted by atomic mass is 9.84. The van der Waals surface area contributed by atoms with Crippen molar-refractivity contribution in [2.24, 2.45) is 0 Å². The lowest BCUT2D eigenvalue weighted by molar-refractivity contribution is 0.582. The van der Waals surface area contributed by atoms with E-state index in [4.69, 9.17) is 4.98 Å². The zero-order valence-electron chi connectivity index (χ0n) is 13.0. The van der Waals surface area contributed by atoms with Crippen LogP contribution in [0.4, 0.5) is 0 Å². The number of aryl methyl sites for hydroxylation is 1. The molecule has 0 fully saturated rings. The Labute approximate surface area is 141 Å². The topological polar surface area (TPSA) is 12.9 Å². The molecule has 1 aliphatic carbocycles. The maximum atomic E-state index is 4.72. The van der Waals surface area contributed by atoms with E-state index in [0.29, 0.717) is 5.92 Å². The smallest absolute Gasteiger partial charge is 0.0965 e. The number of thiazole rings is 1. The minimum atomic E-state index is 0.548. The van der Waals surface area contributed by atoms with Gasteiger partial charge in [0.2, 0.25) is 0 Å². The minimum absolute atomic E-state index is 0.548. The van der Waals surface area contributed by atoms with Crippen LogP contribution in [-0.4, -0.2) is 4.98 Å². The molecule has 2 heteroatoms. The van der Waals surface area contributed by atoms with Crippen molar-refractivity contribution in [1.29, 1.82) is 0 Å². The second-order valence-corrected chi connectivity index (χ2v) is 7.18. The maximum absolute atomic E-state index is 4.72. The van der Waals surface area contributed by atoms with Crippen LogP contribution < -0.4 is 0 Å². The normalized spacial score (nSPS) is 16.8. The van der Waals surface area contributed by atoms with Crippen LogP contribution in [0.3, 0.4) is 0 Å². The number of rotatable bonds is 3. The van der Waals surface area contributed by atoms with E-state index in [0.717, 1.165) is 18.4 Å². The number of fused-ring (bicyclic) bond motifs is 1. The number of aromatic nitrogens is 1. The van der Waals surface area contributed by atoms with Gasteiger partial charge < -0.3 is 0 Å². The molecule has 0 bridgehead atoms. The Balaban J connectivity index is 1.56. The monoisotopic (exact) mass is 317 g/mol. The Morgan fingerprint density at radius 2 is 1.74 bits per heavy atom. The van der Waals surface area contributed by atoms with Gasteiger partial charge in [0.15, 0.2) is 0 Å². The minimum Gasteiger partial charge on any atom is -0.249 e. The molecule has 0 N–H and O–H groups in total. The molecule has 0 amide bonds. The Hall–Kier alpha value is -2.19. The van der Waals surface area contributed by atoms with Crippen molar-refractivity contribution in [3.05, 3.63) is 93.9 Å². The molecular weight excluding hydrogens is 298 g/mol. The Bertz CT molecular complexity index is 832. The van der Waals surface area contributed by atoms with Gasteiger partial charge in [-0.05, 0) is 41.5 Å². The lowest BCUT2D eigenvalue weighted by Crippen LogP contribution is -2.12. The van der Waals surface area contributed by atoms with E-state index in [2.05, 4.69) is 55.1 Å². The molecule has 1 nitrogen and oxygen atoms in total. The Morgan fingerprint density at radius 3 is 2.57 bits per heavy atom. The first kappa shape index (κ1) is 14.4. The summed E-state index contributed by atoms with van der Waals surface area (Å²) < 4.78 is 0. The largest absolute Gasteiger partial charge is 0.249 e. The van der Waals surface area contributed by atoms with Gasteiger partial charge in [-0.25, -0.2) is 4.98 Å².